The summed E-state index contributed by atoms with van der Waals surface area (Å²) >= 11 is 5.69. The molecule has 0 bridgehead atoms. The number of benzene rings is 1. The SMILES string of the molecule is Fc1ccc(Cl)cc1-n1cnnn1. The molecule has 0 spiro atoms. The summed E-state index contributed by atoms with van der Waals surface area (Å²) in [4.78, 5) is 0. The Morgan fingerprint density at radius 3 is 2.92 bits per heavy atom. The summed E-state index contributed by atoms with van der Waals surface area (Å²) in [7, 11) is 0. The fourth-order valence-corrected chi connectivity index (χ4v) is 1.10. The van der Waals surface area contributed by atoms with Gasteiger partial charge in [0.1, 0.15) is 17.8 Å². The molecule has 0 saturated carbocycles. The third kappa shape index (κ3) is 1.50. The lowest BCUT2D eigenvalue weighted by Gasteiger charge is -2.00. The molecule has 0 fully saturated rings. The van der Waals surface area contributed by atoms with E-state index in [1.54, 1.807) is 0 Å². The van der Waals surface area contributed by atoms with Crippen LogP contribution < -0.4 is 0 Å². The highest BCUT2D eigenvalue weighted by molar-refractivity contribution is 6.30. The van der Waals surface area contributed by atoms with Crippen LogP contribution in [0.15, 0.2) is 24.5 Å². The number of nitrogens with zero attached hydrogens (tertiary/aromatic N) is 4. The van der Waals surface area contributed by atoms with Gasteiger partial charge in [0.15, 0.2) is 0 Å². The largest absolute Gasteiger partial charge is 0.205 e. The first-order valence-electron chi connectivity index (χ1n) is 3.46. The zero-order chi connectivity index (χ0) is 9.26. The molecule has 0 aliphatic heterocycles. The summed E-state index contributed by atoms with van der Waals surface area (Å²) in [5.41, 5.74) is 0.234. The predicted octanol–water partition coefficient (Wildman–Crippen LogP) is 1.45. The molecule has 2 aromatic rings. The van der Waals surface area contributed by atoms with E-state index in [0.29, 0.717) is 5.02 Å². The van der Waals surface area contributed by atoms with Gasteiger partial charge in [-0.3, -0.25) is 0 Å². The average molecular weight is 199 g/mol. The van der Waals surface area contributed by atoms with Gasteiger partial charge in [0, 0.05) is 5.02 Å². The zero-order valence-electron chi connectivity index (χ0n) is 6.35. The molecular formula is C7H4ClFN4. The highest BCUT2D eigenvalue weighted by Gasteiger charge is 2.05. The van der Waals surface area contributed by atoms with Gasteiger partial charge >= 0.3 is 0 Å². The Hall–Kier alpha value is -1.49. The summed E-state index contributed by atoms with van der Waals surface area (Å²) in [5, 5.41) is 10.8. The number of tetrazole rings is 1. The van der Waals surface area contributed by atoms with Gasteiger partial charge in [0.2, 0.25) is 0 Å². The van der Waals surface area contributed by atoms with Crippen LogP contribution >= 0.6 is 11.6 Å². The van der Waals surface area contributed by atoms with Gasteiger partial charge in [0.05, 0.1) is 0 Å². The summed E-state index contributed by atoms with van der Waals surface area (Å²) in [6.07, 6.45) is 1.30. The molecule has 0 unspecified atom stereocenters. The van der Waals surface area contributed by atoms with Gasteiger partial charge in [0.25, 0.3) is 0 Å². The van der Waals surface area contributed by atoms with E-state index in [2.05, 4.69) is 15.5 Å². The van der Waals surface area contributed by atoms with Crippen molar-refractivity contribution in [2.75, 3.05) is 0 Å². The molecule has 0 N–H and O–H groups in total. The summed E-state index contributed by atoms with van der Waals surface area (Å²) in [6.45, 7) is 0. The van der Waals surface area contributed by atoms with Crippen molar-refractivity contribution in [1.82, 2.24) is 20.2 Å². The third-order valence-electron chi connectivity index (χ3n) is 1.50. The van der Waals surface area contributed by atoms with Gasteiger partial charge in [-0.2, -0.15) is 4.68 Å². The minimum Gasteiger partial charge on any atom is -0.205 e. The number of aromatic nitrogens is 4. The Morgan fingerprint density at radius 1 is 1.38 bits per heavy atom. The molecule has 6 heteroatoms. The van der Waals surface area contributed by atoms with E-state index in [0.717, 1.165) is 0 Å². The number of hydrogen-bond acceptors (Lipinski definition) is 3. The summed E-state index contributed by atoms with van der Waals surface area (Å²) < 4.78 is 14.4. The molecule has 13 heavy (non-hydrogen) atoms. The maximum absolute atomic E-state index is 13.2. The molecule has 0 aliphatic carbocycles. The number of halogens is 2. The lowest BCUT2D eigenvalue weighted by Crippen LogP contribution is -1.98. The average Bonchev–Trinajstić information content (AvgIpc) is 2.61. The number of hydrogen-bond donors (Lipinski definition) is 0. The van der Waals surface area contributed by atoms with Crippen molar-refractivity contribution < 1.29 is 4.39 Å². The van der Waals surface area contributed by atoms with Crippen molar-refractivity contribution in [3.8, 4) is 5.69 Å². The van der Waals surface area contributed by atoms with Gasteiger partial charge in [-0.05, 0) is 28.6 Å². The van der Waals surface area contributed by atoms with Gasteiger partial charge in [-0.1, -0.05) is 11.6 Å². The Kier molecular flexibility index (Phi) is 1.94. The van der Waals surface area contributed by atoms with Crippen LogP contribution in [0.3, 0.4) is 0 Å². The van der Waals surface area contributed by atoms with Crippen molar-refractivity contribution in [3.63, 3.8) is 0 Å². The standard InChI is InChI=1S/C7H4ClFN4/c8-5-1-2-6(9)7(3-5)13-4-10-11-12-13/h1-4H. The van der Waals surface area contributed by atoms with Crippen molar-refractivity contribution in [1.29, 1.82) is 0 Å². The zero-order valence-corrected chi connectivity index (χ0v) is 7.11. The second kappa shape index (κ2) is 3.10. The molecule has 4 nitrogen and oxygen atoms in total. The van der Waals surface area contributed by atoms with Crippen molar-refractivity contribution in [2.24, 2.45) is 0 Å². The quantitative estimate of drug-likeness (QED) is 0.697. The fraction of sp³-hybridized carbons (Fsp3) is 0. The highest BCUT2D eigenvalue weighted by atomic mass is 35.5. The minimum absolute atomic E-state index is 0.234. The summed E-state index contributed by atoms with van der Waals surface area (Å²) in [5.74, 6) is -0.420. The lowest BCUT2D eigenvalue weighted by atomic mass is 10.3. The molecule has 1 aromatic heterocycles. The molecule has 0 amide bonds. The minimum atomic E-state index is -0.420. The summed E-state index contributed by atoms with van der Waals surface area (Å²) in [6, 6.07) is 4.18. The topological polar surface area (TPSA) is 43.6 Å². The van der Waals surface area contributed by atoms with E-state index in [9.17, 15) is 4.39 Å². The van der Waals surface area contributed by atoms with Crippen LogP contribution in [0.5, 0.6) is 0 Å². The van der Waals surface area contributed by atoms with Crippen molar-refractivity contribution >= 4 is 11.6 Å². The Bertz CT molecular complexity index is 414. The first kappa shape index (κ1) is 8.12. The molecule has 66 valence electrons. The van der Waals surface area contributed by atoms with E-state index >= 15 is 0 Å². The Labute approximate surface area is 77.9 Å². The number of rotatable bonds is 1. The highest BCUT2D eigenvalue weighted by Crippen LogP contribution is 2.17. The third-order valence-corrected chi connectivity index (χ3v) is 1.74. The molecule has 0 saturated heterocycles. The molecule has 1 aromatic carbocycles. The monoisotopic (exact) mass is 198 g/mol. The molecular weight excluding hydrogens is 195 g/mol. The Balaban J connectivity index is 2.57. The van der Waals surface area contributed by atoms with Gasteiger partial charge in [-0.25, -0.2) is 4.39 Å². The van der Waals surface area contributed by atoms with Crippen LogP contribution in [0.1, 0.15) is 0 Å². The van der Waals surface area contributed by atoms with Gasteiger partial charge < -0.3 is 0 Å². The second-order valence-electron chi connectivity index (χ2n) is 2.35. The van der Waals surface area contributed by atoms with E-state index in [1.165, 1.54) is 29.2 Å². The van der Waals surface area contributed by atoms with Crippen LogP contribution in [0.25, 0.3) is 5.69 Å². The lowest BCUT2D eigenvalue weighted by molar-refractivity contribution is 0.607. The van der Waals surface area contributed by atoms with Crippen LogP contribution in [0.4, 0.5) is 4.39 Å². The first-order chi connectivity index (χ1) is 6.27. The van der Waals surface area contributed by atoms with Crippen molar-refractivity contribution in [2.45, 2.75) is 0 Å². The van der Waals surface area contributed by atoms with E-state index < -0.39 is 5.82 Å². The molecule has 0 radical (unpaired) electrons. The maximum atomic E-state index is 13.2. The predicted molar refractivity (Wildman–Crippen MR) is 44.1 cm³/mol. The Morgan fingerprint density at radius 2 is 2.23 bits per heavy atom. The van der Waals surface area contributed by atoms with Crippen LogP contribution in [0, 0.1) is 5.82 Å². The van der Waals surface area contributed by atoms with Crippen LogP contribution in [0.2, 0.25) is 5.02 Å². The van der Waals surface area contributed by atoms with Crippen LogP contribution in [-0.4, -0.2) is 20.2 Å². The van der Waals surface area contributed by atoms with Crippen molar-refractivity contribution in [3.05, 3.63) is 35.4 Å². The molecule has 0 aliphatic rings. The fourth-order valence-electron chi connectivity index (χ4n) is 0.933. The smallest absolute Gasteiger partial charge is 0.149 e. The van der Waals surface area contributed by atoms with Gasteiger partial charge in [-0.15, -0.1) is 5.10 Å². The first-order valence-corrected chi connectivity index (χ1v) is 3.83. The van der Waals surface area contributed by atoms with E-state index in [-0.39, 0.29) is 5.69 Å². The second-order valence-corrected chi connectivity index (χ2v) is 2.79. The van der Waals surface area contributed by atoms with E-state index in [1.807, 2.05) is 0 Å². The van der Waals surface area contributed by atoms with Crippen LogP contribution in [-0.2, 0) is 0 Å². The normalized spacial score (nSPS) is 10.3. The molecule has 1 heterocycles. The molecule has 0 atom stereocenters. The molecule has 2 rings (SSSR count). The maximum Gasteiger partial charge on any atom is 0.149 e. The van der Waals surface area contributed by atoms with E-state index in [4.69, 9.17) is 11.6 Å².